The van der Waals surface area contributed by atoms with Crippen LogP contribution in [0.3, 0.4) is 0 Å². The maximum atomic E-state index is 4.92. The zero-order valence-electron chi connectivity index (χ0n) is 19.7. The van der Waals surface area contributed by atoms with E-state index in [0.717, 1.165) is 30.1 Å². The zero-order valence-corrected chi connectivity index (χ0v) is 19.7. The monoisotopic (exact) mass is 436 g/mol. The number of hydrogen-bond acceptors (Lipinski definition) is 4. The van der Waals surface area contributed by atoms with Gasteiger partial charge in [0.1, 0.15) is 5.82 Å². The summed E-state index contributed by atoms with van der Waals surface area (Å²) in [6.45, 7) is 8.12. The molecule has 0 spiro atoms. The van der Waals surface area contributed by atoms with E-state index >= 15 is 0 Å². The standard InChI is InChI=1S/C29H32N4/c1-19(2)23-13-14-27(32-17-23)31-16-15-30-26-18-33-29-24(21-9-7-20(3)8-10-21)5-4-6-25(29)28(26)22-11-12-22/h4-10,13-14,17-19,22,30H,11-12,15-16H2,1-3H3,(H,31,32). The number of hydrogen-bond donors (Lipinski definition) is 2. The van der Waals surface area contributed by atoms with E-state index in [-0.39, 0.29) is 0 Å². The van der Waals surface area contributed by atoms with E-state index in [2.05, 4.69) is 91.0 Å². The van der Waals surface area contributed by atoms with Crippen LogP contribution in [0.4, 0.5) is 11.5 Å². The Balaban J connectivity index is 1.34. The number of benzene rings is 2. The Labute approximate surface area is 196 Å². The highest BCUT2D eigenvalue weighted by Gasteiger charge is 2.29. The van der Waals surface area contributed by atoms with Gasteiger partial charge >= 0.3 is 0 Å². The van der Waals surface area contributed by atoms with Gasteiger partial charge in [-0.2, -0.15) is 0 Å². The molecule has 33 heavy (non-hydrogen) atoms. The lowest BCUT2D eigenvalue weighted by Crippen LogP contribution is -2.15. The lowest BCUT2D eigenvalue weighted by atomic mass is 9.96. The smallest absolute Gasteiger partial charge is 0.125 e. The number of anilines is 2. The molecule has 4 aromatic rings. The molecule has 0 bridgehead atoms. The number of fused-ring (bicyclic) bond motifs is 1. The Morgan fingerprint density at radius 3 is 2.36 bits per heavy atom. The Hall–Kier alpha value is -3.40. The van der Waals surface area contributed by atoms with E-state index in [0.29, 0.717) is 11.8 Å². The van der Waals surface area contributed by atoms with Crippen LogP contribution in [0.1, 0.15) is 55.2 Å². The fourth-order valence-electron chi connectivity index (χ4n) is 4.40. The van der Waals surface area contributed by atoms with Crippen molar-refractivity contribution in [3.63, 3.8) is 0 Å². The Morgan fingerprint density at radius 2 is 1.67 bits per heavy atom. The fraction of sp³-hybridized carbons (Fsp3) is 0.310. The van der Waals surface area contributed by atoms with Crippen molar-refractivity contribution in [3.05, 3.63) is 83.7 Å². The van der Waals surface area contributed by atoms with Crippen molar-refractivity contribution in [2.24, 2.45) is 0 Å². The number of nitrogens with one attached hydrogen (secondary N) is 2. The van der Waals surface area contributed by atoms with E-state index in [4.69, 9.17) is 4.98 Å². The van der Waals surface area contributed by atoms with Crippen LogP contribution in [0.5, 0.6) is 0 Å². The third kappa shape index (κ3) is 4.70. The Bertz CT molecular complexity index is 1240. The molecule has 0 atom stereocenters. The number of aromatic nitrogens is 2. The number of pyridine rings is 2. The van der Waals surface area contributed by atoms with Gasteiger partial charge in [0.15, 0.2) is 0 Å². The van der Waals surface area contributed by atoms with Crippen molar-refractivity contribution in [1.29, 1.82) is 0 Å². The number of para-hydroxylation sites is 1. The molecule has 1 aliphatic rings. The molecular formula is C29H32N4. The van der Waals surface area contributed by atoms with E-state index in [1.165, 1.54) is 46.0 Å². The molecule has 5 rings (SSSR count). The predicted molar refractivity (Wildman–Crippen MR) is 139 cm³/mol. The molecule has 2 aromatic heterocycles. The summed E-state index contributed by atoms with van der Waals surface area (Å²) >= 11 is 0. The molecule has 1 aliphatic carbocycles. The second kappa shape index (κ2) is 9.22. The number of rotatable bonds is 8. The molecule has 2 aromatic carbocycles. The van der Waals surface area contributed by atoms with Gasteiger partial charge in [0.25, 0.3) is 0 Å². The van der Waals surface area contributed by atoms with Crippen LogP contribution in [0.2, 0.25) is 0 Å². The van der Waals surface area contributed by atoms with Crippen LogP contribution in [0, 0.1) is 6.92 Å². The molecule has 4 heteroatoms. The third-order valence-electron chi connectivity index (χ3n) is 6.49. The third-order valence-corrected chi connectivity index (χ3v) is 6.49. The molecule has 0 aliphatic heterocycles. The van der Waals surface area contributed by atoms with Crippen molar-refractivity contribution in [3.8, 4) is 11.1 Å². The Kier molecular flexibility index (Phi) is 5.99. The van der Waals surface area contributed by atoms with Crippen molar-refractivity contribution < 1.29 is 0 Å². The molecule has 4 nitrogen and oxygen atoms in total. The minimum absolute atomic E-state index is 0.501. The number of aryl methyl sites for hydroxylation is 1. The first-order chi connectivity index (χ1) is 16.1. The minimum Gasteiger partial charge on any atom is -0.382 e. The van der Waals surface area contributed by atoms with Crippen molar-refractivity contribution in [1.82, 2.24) is 9.97 Å². The molecule has 0 saturated heterocycles. The molecule has 0 amide bonds. The molecule has 1 fully saturated rings. The van der Waals surface area contributed by atoms with Gasteiger partial charge in [-0.15, -0.1) is 0 Å². The number of nitrogens with zero attached hydrogens (tertiary/aromatic N) is 2. The van der Waals surface area contributed by atoms with Gasteiger partial charge in [-0.25, -0.2) is 4.98 Å². The second-order valence-corrected chi connectivity index (χ2v) is 9.41. The summed E-state index contributed by atoms with van der Waals surface area (Å²) in [4.78, 5) is 9.45. The Morgan fingerprint density at radius 1 is 0.879 bits per heavy atom. The van der Waals surface area contributed by atoms with Gasteiger partial charge in [-0.3, -0.25) is 4.98 Å². The maximum Gasteiger partial charge on any atom is 0.125 e. The summed E-state index contributed by atoms with van der Waals surface area (Å²) in [6, 6.07) is 19.5. The largest absolute Gasteiger partial charge is 0.382 e. The first kappa shape index (κ1) is 21.4. The highest BCUT2D eigenvalue weighted by molar-refractivity contribution is 5.98. The minimum atomic E-state index is 0.501. The predicted octanol–water partition coefficient (Wildman–Crippen LogP) is 7.13. The summed E-state index contributed by atoms with van der Waals surface area (Å²) < 4.78 is 0. The summed E-state index contributed by atoms with van der Waals surface area (Å²) in [6.07, 6.45) is 6.51. The van der Waals surface area contributed by atoms with Crippen LogP contribution in [-0.4, -0.2) is 23.1 Å². The summed E-state index contributed by atoms with van der Waals surface area (Å²) in [5, 5.41) is 8.34. The van der Waals surface area contributed by atoms with Crippen LogP contribution >= 0.6 is 0 Å². The summed E-state index contributed by atoms with van der Waals surface area (Å²) in [5.74, 6) is 2.05. The fourth-order valence-corrected chi connectivity index (χ4v) is 4.40. The SMILES string of the molecule is Cc1ccc(-c2cccc3c(C4CC4)c(NCCNc4ccc(C(C)C)cn4)cnc23)cc1. The molecule has 2 N–H and O–H groups in total. The lowest BCUT2D eigenvalue weighted by molar-refractivity contribution is 0.858. The average molecular weight is 437 g/mol. The second-order valence-electron chi connectivity index (χ2n) is 9.41. The molecular weight excluding hydrogens is 404 g/mol. The first-order valence-corrected chi connectivity index (χ1v) is 12.0. The van der Waals surface area contributed by atoms with Gasteiger partial charge in [0.2, 0.25) is 0 Å². The maximum absolute atomic E-state index is 4.92. The van der Waals surface area contributed by atoms with Gasteiger partial charge in [0, 0.05) is 30.2 Å². The van der Waals surface area contributed by atoms with Crippen LogP contribution < -0.4 is 10.6 Å². The van der Waals surface area contributed by atoms with Gasteiger partial charge in [-0.1, -0.05) is 67.9 Å². The van der Waals surface area contributed by atoms with Crippen molar-refractivity contribution in [2.45, 2.75) is 45.4 Å². The molecule has 1 saturated carbocycles. The first-order valence-electron chi connectivity index (χ1n) is 12.0. The highest BCUT2D eigenvalue weighted by atomic mass is 15.0. The highest BCUT2D eigenvalue weighted by Crippen LogP contribution is 2.47. The quantitative estimate of drug-likeness (QED) is 0.288. The van der Waals surface area contributed by atoms with Crippen LogP contribution in [0.25, 0.3) is 22.0 Å². The van der Waals surface area contributed by atoms with E-state index in [9.17, 15) is 0 Å². The summed E-state index contributed by atoms with van der Waals surface area (Å²) in [5.41, 5.74) is 8.65. The molecule has 0 radical (unpaired) electrons. The molecule has 2 heterocycles. The van der Waals surface area contributed by atoms with E-state index in [1.807, 2.05) is 12.4 Å². The average Bonchev–Trinajstić information content (AvgIpc) is 3.67. The van der Waals surface area contributed by atoms with Gasteiger partial charge in [0.05, 0.1) is 17.4 Å². The molecule has 0 unspecified atom stereocenters. The van der Waals surface area contributed by atoms with Crippen LogP contribution in [-0.2, 0) is 0 Å². The van der Waals surface area contributed by atoms with Gasteiger partial charge in [-0.05, 0) is 54.4 Å². The lowest BCUT2D eigenvalue weighted by Gasteiger charge is -2.16. The normalized spacial score (nSPS) is 13.5. The molecule has 168 valence electrons. The topological polar surface area (TPSA) is 49.8 Å². The van der Waals surface area contributed by atoms with Crippen molar-refractivity contribution in [2.75, 3.05) is 23.7 Å². The van der Waals surface area contributed by atoms with E-state index < -0.39 is 0 Å². The van der Waals surface area contributed by atoms with Crippen LogP contribution in [0.15, 0.2) is 67.0 Å². The summed E-state index contributed by atoms with van der Waals surface area (Å²) in [7, 11) is 0. The van der Waals surface area contributed by atoms with Gasteiger partial charge < -0.3 is 10.6 Å². The van der Waals surface area contributed by atoms with E-state index in [1.54, 1.807) is 0 Å². The zero-order chi connectivity index (χ0) is 22.8. The van der Waals surface area contributed by atoms with Crippen molar-refractivity contribution >= 4 is 22.4 Å².